The Hall–Kier alpha value is -1.59. The van der Waals surface area contributed by atoms with Crippen molar-refractivity contribution >= 4 is 5.97 Å². The van der Waals surface area contributed by atoms with Crippen molar-refractivity contribution in [1.82, 2.24) is 0 Å². The first kappa shape index (κ1) is 14.5. The molecule has 2 unspecified atom stereocenters. The van der Waals surface area contributed by atoms with Crippen LogP contribution in [0.5, 0.6) is 5.75 Å². The Morgan fingerprint density at radius 1 is 1.50 bits per heavy atom. The third-order valence-electron chi connectivity index (χ3n) is 2.85. The quantitative estimate of drug-likeness (QED) is 0.678. The van der Waals surface area contributed by atoms with Gasteiger partial charge in [-0.1, -0.05) is 12.1 Å². The number of aliphatic hydroxyl groups excluding tert-OH is 1. The predicted molar refractivity (Wildman–Crippen MR) is 67.4 cm³/mol. The van der Waals surface area contributed by atoms with Gasteiger partial charge in [0.15, 0.2) is 0 Å². The van der Waals surface area contributed by atoms with Gasteiger partial charge < -0.3 is 20.7 Å². The molecule has 0 saturated carbocycles. The molecule has 0 spiro atoms. The summed E-state index contributed by atoms with van der Waals surface area (Å²) in [7, 11) is 1.54. The van der Waals surface area contributed by atoms with Crippen molar-refractivity contribution in [3.05, 3.63) is 29.8 Å². The first-order valence-corrected chi connectivity index (χ1v) is 5.83. The lowest BCUT2D eigenvalue weighted by Gasteiger charge is -2.17. The second-order valence-corrected chi connectivity index (χ2v) is 4.14. The Bertz CT molecular complexity index is 394. The van der Waals surface area contributed by atoms with Gasteiger partial charge in [0.1, 0.15) is 5.75 Å². The van der Waals surface area contributed by atoms with Gasteiger partial charge in [-0.05, 0) is 37.1 Å². The first-order chi connectivity index (χ1) is 8.58. The van der Waals surface area contributed by atoms with Crippen molar-refractivity contribution < 1.29 is 19.7 Å². The SMILES string of the molecule is COc1cccc(C(O)CC(CCN)C(=O)O)c1. The zero-order valence-corrected chi connectivity index (χ0v) is 10.4. The Labute approximate surface area is 106 Å². The average molecular weight is 253 g/mol. The molecule has 0 aliphatic rings. The minimum absolute atomic E-state index is 0.152. The van der Waals surface area contributed by atoms with E-state index in [1.54, 1.807) is 31.4 Å². The number of ether oxygens (including phenoxy) is 1. The molecule has 100 valence electrons. The molecule has 0 amide bonds. The number of hydrogen-bond acceptors (Lipinski definition) is 4. The Morgan fingerprint density at radius 3 is 2.78 bits per heavy atom. The Morgan fingerprint density at radius 2 is 2.22 bits per heavy atom. The summed E-state index contributed by atoms with van der Waals surface area (Å²) in [6, 6.07) is 6.97. The molecule has 0 aliphatic carbocycles. The lowest BCUT2D eigenvalue weighted by atomic mass is 9.94. The maximum absolute atomic E-state index is 11.0. The number of nitrogens with two attached hydrogens (primary N) is 1. The number of benzene rings is 1. The van der Waals surface area contributed by atoms with E-state index in [1.165, 1.54) is 0 Å². The van der Waals surface area contributed by atoms with Crippen LogP contribution in [-0.4, -0.2) is 29.8 Å². The van der Waals surface area contributed by atoms with E-state index in [0.717, 1.165) is 0 Å². The number of aliphatic carboxylic acids is 1. The molecule has 0 fully saturated rings. The molecule has 0 aromatic heterocycles. The maximum Gasteiger partial charge on any atom is 0.306 e. The zero-order valence-electron chi connectivity index (χ0n) is 10.4. The van der Waals surface area contributed by atoms with Gasteiger partial charge in [0.2, 0.25) is 0 Å². The highest BCUT2D eigenvalue weighted by Crippen LogP contribution is 2.25. The van der Waals surface area contributed by atoms with Crippen molar-refractivity contribution in [1.29, 1.82) is 0 Å². The smallest absolute Gasteiger partial charge is 0.306 e. The number of aliphatic hydroxyl groups is 1. The molecule has 0 heterocycles. The normalized spacial score (nSPS) is 13.9. The molecule has 1 aromatic rings. The maximum atomic E-state index is 11.0. The molecule has 1 rings (SSSR count). The fourth-order valence-corrected chi connectivity index (χ4v) is 1.80. The molecule has 0 bridgehead atoms. The van der Waals surface area contributed by atoms with Crippen LogP contribution < -0.4 is 10.5 Å². The van der Waals surface area contributed by atoms with Crippen LogP contribution in [-0.2, 0) is 4.79 Å². The summed E-state index contributed by atoms with van der Waals surface area (Å²) in [4.78, 5) is 11.0. The van der Waals surface area contributed by atoms with Gasteiger partial charge in [-0.25, -0.2) is 0 Å². The van der Waals surface area contributed by atoms with Gasteiger partial charge in [0, 0.05) is 0 Å². The van der Waals surface area contributed by atoms with Crippen LogP contribution in [0.25, 0.3) is 0 Å². The summed E-state index contributed by atoms with van der Waals surface area (Å²) in [5.41, 5.74) is 6.01. The van der Waals surface area contributed by atoms with Crippen LogP contribution in [0.2, 0.25) is 0 Å². The van der Waals surface area contributed by atoms with Crippen molar-refractivity contribution in [2.75, 3.05) is 13.7 Å². The molecule has 18 heavy (non-hydrogen) atoms. The van der Waals surface area contributed by atoms with Crippen LogP contribution in [0.15, 0.2) is 24.3 Å². The molecule has 5 heteroatoms. The Kier molecular flexibility index (Phi) is 5.61. The highest BCUT2D eigenvalue weighted by molar-refractivity contribution is 5.70. The van der Waals surface area contributed by atoms with Crippen LogP contribution in [0.3, 0.4) is 0 Å². The van der Waals surface area contributed by atoms with Gasteiger partial charge in [0.05, 0.1) is 19.1 Å². The van der Waals surface area contributed by atoms with E-state index in [4.69, 9.17) is 15.6 Å². The van der Waals surface area contributed by atoms with Gasteiger partial charge in [0.25, 0.3) is 0 Å². The van der Waals surface area contributed by atoms with Gasteiger partial charge in [-0.2, -0.15) is 0 Å². The third kappa shape index (κ3) is 4.01. The zero-order chi connectivity index (χ0) is 13.5. The summed E-state index contributed by atoms with van der Waals surface area (Å²) >= 11 is 0. The molecule has 0 aliphatic heterocycles. The van der Waals surface area contributed by atoms with E-state index >= 15 is 0 Å². The lowest BCUT2D eigenvalue weighted by molar-refractivity contribution is -0.143. The van der Waals surface area contributed by atoms with Crippen molar-refractivity contribution in [2.45, 2.75) is 18.9 Å². The highest BCUT2D eigenvalue weighted by Gasteiger charge is 2.21. The summed E-state index contributed by atoms with van der Waals surface area (Å²) in [6.45, 7) is 0.293. The van der Waals surface area contributed by atoms with Crippen molar-refractivity contribution in [3.63, 3.8) is 0 Å². The number of rotatable bonds is 7. The van der Waals surface area contributed by atoms with E-state index in [1.807, 2.05) is 0 Å². The second kappa shape index (κ2) is 6.98. The molecule has 2 atom stereocenters. The van der Waals surface area contributed by atoms with Crippen LogP contribution in [0.4, 0.5) is 0 Å². The fraction of sp³-hybridized carbons (Fsp3) is 0.462. The molecule has 1 aromatic carbocycles. The van der Waals surface area contributed by atoms with Crippen molar-refractivity contribution in [2.24, 2.45) is 11.7 Å². The minimum atomic E-state index is -0.928. The van der Waals surface area contributed by atoms with Crippen LogP contribution in [0, 0.1) is 5.92 Å². The lowest BCUT2D eigenvalue weighted by Crippen LogP contribution is -2.20. The standard InChI is InChI=1S/C13H19NO4/c1-18-11-4-2-3-9(7-11)12(15)8-10(5-6-14)13(16)17/h2-4,7,10,12,15H,5-6,8,14H2,1H3,(H,16,17). The Balaban J connectivity index is 2.73. The molecule has 4 N–H and O–H groups in total. The molecular weight excluding hydrogens is 234 g/mol. The summed E-state index contributed by atoms with van der Waals surface area (Å²) in [6.07, 6.45) is -0.316. The first-order valence-electron chi connectivity index (χ1n) is 5.83. The van der Waals surface area contributed by atoms with Gasteiger partial charge in [-0.3, -0.25) is 4.79 Å². The van der Waals surface area contributed by atoms with Crippen molar-refractivity contribution in [3.8, 4) is 5.75 Å². The van der Waals surface area contributed by atoms with E-state index in [2.05, 4.69) is 0 Å². The van der Waals surface area contributed by atoms with E-state index < -0.39 is 18.0 Å². The number of methoxy groups -OCH3 is 1. The monoisotopic (exact) mass is 253 g/mol. The van der Waals surface area contributed by atoms with Gasteiger partial charge in [-0.15, -0.1) is 0 Å². The minimum Gasteiger partial charge on any atom is -0.497 e. The van der Waals surface area contributed by atoms with E-state index in [9.17, 15) is 9.90 Å². The average Bonchev–Trinajstić information content (AvgIpc) is 2.38. The fourth-order valence-electron chi connectivity index (χ4n) is 1.80. The summed E-state index contributed by atoms with van der Waals surface area (Å²) < 4.78 is 5.06. The largest absolute Gasteiger partial charge is 0.497 e. The number of carbonyl (C=O) groups is 1. The van der Waals surface area contributed by atoms with Crippen LogP contribution >= 0.6 is 0 Å². The number of carboxylic acids is 1. The predicted octanol–water partition coefficient (Wildman–Crippen LogP) is 1.17. The number of carboxylic acid groups (broad SMARTS) is 1. The van der Waals surface area contributed by atoms with E-state index in [0.29, 0.717) is 24.3 Å². The summed E-state index contributed by atoms with van der Waals surface area (Å²) in [5, 5.41) is 19.0. The molecule has 0 radical (unpaired) electrons. The second-order valence-electron chi connectivity index (χ2n) is 4.14. The van der Waals surface area contributed by atoms with Crippen LogP contribution in [0.1, 0.15) is 24.5 Å². The molecule has 5 nitrogen and oxygen atoms in total. The highest BCUT2D eigenvalue weighted by atomic mass is 16.5. The topological polar surface area (TPSA) is 92.8 Å². The molecule has 0 saturated heterocycles. The third-order valence-corrected chi connectivity index (χ3v) is 2.85. The van der Waals surface area contributed by atoms with E-state index in [-0.39, 0.29) is 6.42 Å². The summed E-state index contributed by atoms with van der Waals surface area (Å²) in [5.74, 6) is -0.921. The number of hydrogen-bond donors (Lipinski definition) is 3. The van der Waals surface area contributed by atoms with Gasteiger partial charge >= 0.3 is 5.97 Å². The molecular formula is C13H19NO4.